The van der Waals surface area contributed by atoms with E-state index in [1.165, 1.54) is 25.1 Å². The first-order valence-corrected chi connectivity index (χ1v) is 9.75. The van der Waals surface area contributed by atoms with Crippen LogP contribution in [0.5, 0.6) is 0 Å². The standard InChI is InChI=1S/C16H16N2O3S2/c1-2-23(20,21)15-10-12(11-17)8-9-14(15)16(18)22(19)13-6-4-3-5-7-13/h3-10,16H,2,18H2,1H3. The van der Waals surface area contributed by atoms with Crippen molar-refractivity contribution in [3.05, 3.63) is 59.7 Å². The Hall–Kier alpha value is -1.85. The number of benzene rings is 2. The molecule has 0 spiro atoms. The summed E-state index contributed by atoms with van der Waals surface area (Å²) in [4.78, 5) is 0.486. The predicted octanol–water partition coefficient (Wildman–Crippen LogP) is 2.12. The average molecular weight is 348 g/mol. The van der Waals surface area contributed by atoms with Crippen LogP contribution in [0.3, 0.4) is 0 Å². The van der Waals surface area contributed by atoms with Gasteiger partial charge in [-0.15, -0.1) is 0 Å². The highest BCUT2D eigenvalue weighted by Gasteiger charge is 2.29. The van der Waals surface area contributed by atoms with Gasteiger partial charge in [-0.05, 0) is 30.3 Å². The van der Waals surface area contributed by atoms with E-state index in [1.807, 2.05) is 6.07 Å². The third-order valence-corrected chi connectivity index (χ3v) is 6.61. The van der Waals surface area contributed by atoms with E-state index in [0.29, 0.717) is 4.90 Å². The molecule has 2 rings (SSSR count). The number of rotatable bonds is 5. The van der Waals surface area contributed by atoms with Gasteiger partial charge >= 0.3 is 0 Å². The number of nitriles is 1. The monoisotopic (exact) mass is 348 g/mol. The highest BCUT2D eigenvalue weighted by Crippen LogP contribution is 2.30. The lowest BCUT2D eigenvalue weighted by Gasteiger charge is -2.20. The van der Waals surface area contributed by atoms with Crippen molar-refractivity contribution in [1.29, 1.82) is 5.26 Å². The molecule has 7 heteroatoms. The fourth-order valence-electron chi connectivity index (χ4n) is 2.08. The number of sulfone groups is 1. The summed E-state index contributed by atoms with van der Waals surface area (Å²) in [6.07, 6.45) is 0. The van der Waals surface area contributed by atoms with E-state index in [1.54, 1.807) is 30.3 Å². The van der Waals surface area contributed by atoms with Gasteiger partial charge in [0, 0.05) is 16.7 Å². The maximum absolute atomic E-state index is 12.6. The van der Waals surface area contributed by atoms with Gasteiger partial charge in [-0.1, -0.05) is 25.1 Å². The molecule has 0 saturated heterocycles. The Morgan fingerprint density at radius 2 is 1.91 bits per heavy atom. The minimum Gasteiger partial charge on any atom is -0.610 e. The summed E-state index contributed by atoms with van der Waals surface area (Å²) in [5, 5.41) is 7.98. The van der Waals surface area contributed by atoms with Gasteiger partial charge < -0.3 is 4.55 Å². The van der Waals surface area contributed by atoms with Crippen molar-refractivity contribution in [2.24, 2.45) is 5.73 Å². The highest BCUT2D eigenvalue weighted by atomic mass is 32.2. The van der Waals surface area contributed by atoms with Crippen LogP contribution in [0.15, 0.2) is 58.3 Å². The molecule has 0 heterocycles. The van der Waals surface area contributed by atoms with E-state index in [0.717, 1.165) is 0 Å². The quantitative estimate of drug-likeness (QED) is 0.833. The fraction of sp³-hybridized carbons (Fsp3) is 0.188. The van der Waals surface area contributed by atoms with E-state index in [-0.39, 0.29) is 21.8 Å². The lowest BCUT2D eigenvalue weighted by atomic mass is 10.1. The highest BCUT2D eigenvalue weighted by molar-refractivity contribution is 7.92. The first-order chi connectivity index (χ1) is 10.9. The summed E-state index contributed by atoms with van der Waals surface area (Å²) in [6.45, 7) is 1.51. The van der Waals surface area contributed by atoms with Crippen molar-refractivity contribution in [1.82, 2.24) is 0 Å². The second kappa shape index (κ2) is 7.15. The van der Waals surface area contributed by atoms with Crippen LogP contribution in [0.2, 0.25) is 0 Å². The molecular weight excluding hydrogens is 332 g/mol. The molecule has 0 radical (unpaired) electrons. The summed E-state index contributed by atoms with van der Waals surface area (Å²) >= 11 is -1.60. The second-order valence-corrected chi connectivity index (χ2v) is 8.62. The molecule has 23 heavy (non-hydrogen) atoms. The van der Waals surface area contributed by atoms with Crippen LogP contribution in [0.25, 0.3) is 0 Å². The molecule has 5 nitrogen and oxygen atoms in total. The summed E-state index contributed by atoms with van der Waals surface area (Å²) in [7, 11) is -3.59. The van der Waals surface area contributed by atoms with Gasteiger partial charge in [-0.3, -0.25) is 5.73 Å². The van der Waals surface area contributed by atoms with Crippen LogP contribution < -0.4 is 5.73 Å². The van der Waals surface area contributed by atoms with Crippen molar-refractivity contribution >= 4 is 21.0 Å². The van der Waals surface area contributed by atoms with E-state index in [2.05, 4.69) is 0 Å². The molecule has 0 aliphatic carbocycles. The van der Waals surface area contributed by atoms with Gasteiger partial charge in [0.15, 0.2) is 20.1 Å². The van der Waals surface area contributed by atoms with E-state index in [9.17, 15) is 13.0 Å². The SMILES string of the molecule is CCS(=O)(=O)c1cc(C#N)ccc1C(N)[S+]([O-])c1ccccc1. The number of nitrogens with two attached hydrogens (primary N) is 1. The largest absolute Gasteiger partial charge is 0.610 e. The lowest BCUT2D eigenvalue weighted by Crippen LogP contribution is -2.24. The Morgan fingerprint density at radius 1 is 1.26 bits per heavy atom. The Kier molecular flexibility index (Phi) is 5.44. The zero-order valence-corrected chi connectivity index (χ0v) is 14.1. The first-order valence-electron chi connectivity index (χ1n) is 6.88. The van der Waals surface area contributed by atoms with Gasteiger partial charge in [0.1, 0.15) is 0 Å². The van der Waals surface area contributed by atoms with Gasteiger partial charge in [0.2, 0.25) is 0 Å². The molecule has 2 N–H and O–H groups in total. The molecule has 2 aromatic rings. The van der Waals surface area contributed by atoms with Crippen LogP contribution >= 0.6 is 0 Å². The van der Waals surface area contributed by atoms with Crippen LogP contribution in [0.4, 0.5) is 0 Å². The molecule has 0 bridgehead atoms. The van der Waals surface area contributed by atoms with E-state index < -0.39 is 26.4 Å². The van der Waals surface area contributed by atoms with Crippen LogP contribution in [0, 0.1) is 11.3 Å². The van der Waals surface area contributed by atoms with Gasteiger partial charge in [-0.2, -0.15) is 5.26 Å². The smallest absolute Gasteiger partial charge is 0.197 e. The number of hydrogen-bond acceptors (Lipinski definition) is 5. The molecule has 0 saturated carbocycles. The minimum absolute atomic E-state index is 0.0316. The molecule has 0 aliphatic heterocycles. The normalized spacial score (nSPS) is 14.0. The molecule has 0 aliphatic rings. The van der Waals surface area contributed by atoms with Gasteiger partial charge in [-0.25, -0.2) is 8.42 Å². The lowest BCUT2D eigenvalue weighted by molar-refractivity contribution is 0.580. The maximum Gasteiger partial charge on any atom is 0.197 e. The third kappa shape index (κ3) is 3.74. The number of nitrogens with zero attached hydrogens (tertiary/aromatic N) is 1. The van der Waals surface area contributed by atoms with Crippen LogP contribution in [0.1, 0.15) is 23.4 Å². The Balaban J connectivity index is 2.53. The maximum atomic E-state index is 12.6. The van der Waals surface area contributed by atoms with Crippen molar-refractivity contribution in [2.75, 3.05) is 5.75 Å². The molecule has 2 unspecified atom stereocenters. The van der Waals surface area contributed by atoms with Crippen LogP contribution in [-0.2, 0) is 21.0 Å². The number of hydrogen-bond donors (Lipinski definition) is 1. The first kappa shape index (κ1) is 17.5. The van der Waals surface area contributed by atoms with E-state index >= 15 is 0 Å². The predicted molar refractivity (Wildman–Crippen MR) is 88.7 cm³/mol. The van der Waals surface area contributed by atoms with Crippen molar-refractivity contribution in [3.8, 4) is 6.07 Å². The molecule has 2 atom stereocenters. The second-order valence-electron chi connectivity index (χ2n) is 4.80. The summed E-state index contributed by atoms with van der Waals surface area (Å²) in [5.41, 5.74) is 6.55. The minimum atomic E-state index is -3.59. The Labute approximate surface area is 138 Å². The topological polar surface area (TPSA) is 107 Å². The Morgan fingerprint density at radius 3 is 2.48 bits per heavy atom. The molecule has 120 valence electrons. The third-order valence-electron chi connectivity index (χ3n) is 3.37. The summed E-state index contributed by atoms with van der Waals surface area (Å²) in [5.74, 6) is -0.125. The fourth-order valence-corrected chi connectivity index (χ4v) is 4.48. The molecule has 0 amide bonds. The molecular formula is C16H16N2O3S2. The average Bonchev–Trinajstić information content (AvgIpc) is 2.60. The molecule has 2 aromatic carbocycles. The Bertz CT molecular complexity index is 830. The van der Waals surface area contributed by atoms with Gasteiger partial charge in [0.25, 0.3) is 0 Å². The zero-order chi connectivity index (χ0) is 17.0. The zero-order valence-electron chi connectivity index (χ0n) is 12.5. The summed E-state index contributed by atoms with van der Waals surface area (Å²) in [6, 6.07) is 14.8. The molecule has 0 aromatic heterocycles. The van der Waals surface area contributed by atoms with E-state index in [4.69, 9.17) is 11.0 Å². The van der Waals surface area contributed by atoms with Crippen molar-refractivity contribution < 1.29 is 13.0 Å². The van der Waals surface area contributed by atoms with Crippen LogP contribution in [-0.4, -0.2) is 18.7 Å². The molecule has 0 fully saturated rings. The van der Waals surface area contributed by atoms with Gasteiger partial charge in [0.05, 0.1) is 22.3 Å². The van der Waals surface area contributed by atoms with Crippen molar-refractivity contribution in [3.63, 3.8) is 0 Å². The summed E-state index contributed by atoms with van der Waals surface area (Å²) < 4.78 is 37.2. The van der Waals surface area contributed by atoms with Crippen molar-refractivity contribution in [2.45, 2.75) is 22.1 Å².